The summed E-state index contributed by atoms with van der Waals surface area (Å²) >= 11 is 1.43. The lowest BCUT2D eigenvalue weighted by Gasteiger charge is -2.16. The van der Waals surface area contributed by atoms with Gasteiger partial charge in [-0.25, -0.2) is 4.98 Å². The van der Waals surface area contributed by atoms with Crippen LogP contribution in [0.15, 0.2) is 17.6 Å². The predicted molar refractivity (Wildman–Crippen MR) is 82.9 cm³/mol. The Morgan fingerprint density at radius 2 is 2.24 bits per heavy atom. The second kappa shape index (κ2) is 4.92. The maximum absolute atomic E-state index is 11.4. The zero-order chi connectivity index (χ0) is 14.4. The lowest BCUT2D eigenvalue weighted by molar-refractivity contribution is -0.382. The Morgan fingerprint density at radius 3 is 3.00 bits per heavy atom. The van der Waals surface area contributed by atoms with Gasteiger partial charge >= 0.3 is 5.69 Å². The number of nitrogens with zero attached hydrogens (tertiary/aromatic N) is 3. The number of thiazole rings is 1. The molecule has 0 amide bonds. The van der Waals surface area contributed by atoms with Crippen LogP contribution >= 0.6 is 11.3 Å². The molecular weight excluding hydrogens is 288 g/mol. The molecule has 7 heteroatoms. The molecule has 1 aliphatic heterocycles. The Hall–Kier alpha value is -1.73. The average Bonchev–Trinajstić information content (AvgIpc) is 3.02. The molecule has 1 aromatic carbocycles. The highest BCUT2D eigenvalue weighted by Crippen LogP contribution is 2.36. The van der Waals surface area contributed by atoms with Crippen LogP contribution in [0.2, 0.25) is 0 Å². The molecule has 0 radical (unpaired) electrons. The highest BCUT2D eigenvalue weighted by Gasteiger charge is 2.35. The van der Waals surface area contributed by atoms with Gasteiger partial charge in [-0.15, -0.1) is 11.3 Å². The van der Waals surface area contributed by atoms with E-state index in [0.717, 1.165) is 30.3 Å². The summed E-state index contributed by atoms with van der Waals surface area (Å²) in [5.41, 5.74) is 2.86. The molecule has 1 aromatic heterocycles. The van der Waals surface area contributed by atoms with Crippen LogP contribution in [0.1, 0.15) is 19.3 Å². The molecule has 2 fully saturated rings. The maximum Gasteiger partial charge on any atom is 0.319 e. The zero-order valence-corrected chi connectivity index (χ0v) is 12.3. The van der Waals surface area contributed by atoms with E-state index >= 15 is 0 Å². The Kier molecular flexibility index (Phi) is 3.04. The van der Waals surface area contributed by atoms with Crippen LogP contribution in [0.3, 0.4) is 0 Å². The van der Waals surface area contributed by atoms with Crippen molar-refractivity contribution in [3.8, 4) is 0 Å². The Bertz CT molecular complexity index is 697. The van der Waals surface area contributed by atoms with Crippen LogP contribution in [0, 0.1) is 10.1 Å². The summed E-state index contributed by atoms with van der Waals surface area (Å²) in [6.45, 7) is 2.08. The summed E-state index contributed by atoms with van der Waals surface area (Å²) in [5, 5.41) is 14.8. The quantitative estimate of drug-likeness (QED) is 0.694. The van der Waals surface area contributed by atoms with Crippen LogP contribution in [-0.2, 0) is 0 Å². The Balaban J connectivity index is 1.60. The number of aromatic nitrogens is 1. The molecule has 2 heterocycles. The fourth-order valence-electron chi connectivity index (χ4n) is 3.11. The first-order valence-corrected chi connectivity index (χ1v) is 8.11. The summed E-state index contributed by atoms with van der Waals surface area (Å²) in [7, 11) is 0. The van der Waals surface area contributed by atoms with Crippen LogP contribution in [-0.4, -0.2) is 40.0 Å². The van der Waals surface area contributed by atoms with Crippen LogP contribution in [0.4, 0.5) is 11.4 Å². The van der Waals surface area contributed by atoms with E-state index in [-0.39, 0.29) is 10.6 Å². The molecule has 0 bridgehead atoms. The number of nitro benzene ring substituents is 1. The van der Waals surface area contributed by atoms with Crippen molar-refractivity contribution < 1.29 is 4.92 Å². The SMILES string of the molecule is O=[N+]([O-])c1c(NC2CCN(C3CC3)C2)ccc2scnc12. The molecule has 1 saturated carbocycles. The van der Waals surface area contributed by atoms with Gasteiger partial charge in [0.05, 0.1) is 15.1 Å². The maximum atomic E-state index is 11.4. The third kappa shape index (κ3) is 2.36. The van der Waals surface area contributed by atoms with Crippen molar-refractivity contribution in [2.75, 3.05) is 18.4 Å². The fourth-order valence-corrected chi connectivity index (χ4v) is 3.79. The van der Waals surface area contributed by atoms with Gasteiger partial charge in [0.15, 0.2) is 5.52 Å². The minimum absolute atomic E-state index is 0.110. The van der Waals surface area contributed by atoms with E-state index in [4.69, 9.17) is 0 Å². The molecule has 21 heavy (non-hydrogen) atoms. The summed E-state index contributed by atoms with van der Waals surface area (Å²) in [6.07, 6.45) is 3.65. The molecule has 4 rings (SSSR count). The number of nitro groups is 1. The molecule has 1 atom stereocenters. The molecular formula is C14H16N4O2S. The number of benzene rings is 1. The Labute approximate surface area is 125 Å². The normalized spacial score (nSPS) is 22.8. The summed E-state index contributed by atoms with van der Waals surface area (Å²) in [5.74, 6) is 0. The van der Waals surface area contributed by atoms with Crippen molar-refractivity contribution in [2.45, 2.75) is 31.3 Å². The van der Waals surface area contributed by atoms with E-state index in [1.807, 2.05) is 12.1 Å². The van der Waals surface area contributed by atoms with Gasteiger partial charge in [0.2, 0.25) is 0 Å². The number of rotatable bonds is 4. The van der Waals surface area contributed by atoms with Gasteiger partial charge in [-0.05, 0) is 31.4 Å². The minimum atomic E-state index is -0.321. The first-order chi connectivity index (χ1) is 10.2. The van der Waals surface area contributed by atoms with Crippen molar-refractivity contribution in [1.82, 2.24) is 9.88 Å². The van der Waals surface area contributed by atoms with Crippen molar-refractivity contribution in [1.29, 1.82) is 0 Å². The van der Waals surface area contributed by atoms with E-state index < -0.39 is 0 Å². The average molecular weight is 304 g/mol. The number of hydrogen-bond acceptors (Lipinski definition) is 6. The van der Waals surface area contributed by atoms with Crippen molar-refractivity contribution in [3.05, 3.63) is 27.8 Å². The number of anilines is 1. The summed E-state index contributed by atoms with van der Waals surface area (Å²) < 4.78 is 0.860. The first-order valence-electron chi connectivity index (χ1n) is 7.23. The minimum Gasteiger partial charge on any atom is -0.375 e. The second-order valence-corrected chi connectivity index (χ2v) is 6.66. The lowest BCUT2D eigenvalue weighted by atomic mass is 10.2. The van der Waals surface area contributed by atoms with Gasteiger partial charge in [-0.2, -0.15) is 0 Å². The van der Waals surface area contributed by atoms with Crippen LogP contribution in [0.5, 0.6) is 0 Å². The topological polar surface area (TPSA) is 71.3 Å². The molecule has 2 aliphatic rings. The van der Waals surface area contributed by atoms with Gasteiger partial charge < -0.3 is 5.32 Å². The smallest absolute Gasteiger partial charge is 0.319 e. The number of hydrogen-bond donors (Lipinski definition) is 1. The van der Waals surface area contributed by atoms with Gasteiger partial charge in [0, 0.05) is 25.2 Å². The molecule has 1 saturated heterocycles. The first kappa shape index (κ1) is 13.0. The molecule has 6 nitrogen and oxygen atoms in total. The van der Waals surface area contributed by atoms with Crippen molar-refractivity contribution >= 4 is 32.9 Å². The van der Waals surface area contributed by atoms with Gasteiger partial charge in [-0.1, -0.05) is 0 Å². The highest BCUT2D eigenvalue weighted by molar-refractivity contribution is 7.16. The molecule has 110 valence electrons. The van der Waals surface area contributed by atoms with Gasteiger partial charge in [-0.3, -0.25) is 15.0 Å². The molecule has 1 aliphatic carbocycles. The van der Waals surface area contributed by atoms with Crippen molar-refractivity contribution in [2.24, 2.45) is 0 Å². The van der Waals surface area contributed by atoms with E-state index in [0.29, 0.717) is 17.2 Å². The van der Waals surface area contributed by atoms with Crippen molar-refractivity contribution in [3.63, 3.8) is 0 Å². The number of likely N-dealkylation sites (tertiary alicyclic amines) is 1. The van der Waals surface area contributed by atoms with E-state index in [1.165, 1.54) is 24.2 Å². The monoisotopic (exact) mass is 304 g/mol. The Morgan fingerprint density at radius 1 is 1.38 bits per heavy atom. The molecule has 1 N–H and O–H groups in total. The second-order valence-electron chi connectivity index (χ2n) is 5.77. The predicted octanol–water partition coefficient (Wildman–Crippen LogP) is 2.85. The zero-order valence-electron chi connectivity index (χ0n) is 11.5. The van der Waals surface area contributed by atoms with Gasteiger partial charge in [0.25, 0.3) is 0 Å². The van der Waals surface area contributed by atoms with E-state index in [1.54, 1.807) is 5.51 Å². The third-order valence-corrected chi connectivity index (χ3v) is 5.09. The number of nitrogens with one attached hydrogen (secondary N) is 1. The van der Waals surface area contributed by atoms with Crippen LogP contribution in [0.25, 0.3) is 10.2 Å². The van der Waals surface area contributed by atoms with Crippen LogP contribution < -0.4 is 5.32 Å². The molecule has 2 aromatic rings. The molecule has 1 unspecified atom stereocenters. The summed E-state index contributed by atoms with van der Waals surface area (Å²) in [4.78, 5) is 17.7. The largest absolute Gasteiger partial charge is 0.375 e. The highest BCUT2D eigenvalue weighted by atomic mass is 32.1. The standard InChI is InChI=1S/C14H16N4O2S/c19-18(20)14-11(3-4-12-13(14)15-8-21-12)16-9-5-6-17(7-9)10-1-2-10/h3-4,8-10,16H,1-2,5-7H2. The molecule has 0 spiro atoms. The van der Waals surface area contributed by atoms with E-state index in [2.05, 4.69) is 15.2 Å². The van der Waals surface area contributed by atoms with E-state index in [9.17, 15) is 10.1 Å². The number of fused-ring (bicyclic) bond motifs is 1. The third-order valence-electron chi connectivity index (χ3n) is 4.30. The lowest BCUT2D eigenvalue weighted by Crippen LogP contribution is -2.27. The summed E-state index contributed by atoms with van der Waals surface area (Å²) in [6, 6.07) is 4.78. The fraction of sp³-hybridized carbons (Fsp3) is 0.500. The van der Waals surface area contributed by atoms with Gasteiger partial charge in [0.1, 0.15) is 5.69 Å².